The number of aryl methyl sites for hydroxylation is 1. The quantitative estimate of drug-likeness (QED) is 0.861. The molecule has 104 valence electrons. The SMILES string of the molecule is O=C(CCCc1cccs1)N1CCOc2ccccc21. The summed E-state index contributed by atoms with van der Waals surface area (Å²) in [7, 11) is 0. The number of rotatable bonds is 4. The predicted molar refractivity (Wildman–Crippen MR) is 81.5 cm³/mol. The van der Waals surface area contributed by atoms with Crippen LogP contribution >= 0.6 is 11.3 Å². The first kappa shape index (κ1) is 13.2. The van der Waals surface area contributed by atoms with Crippen molar-refractivity contribution in [2.45, 2.75) is 19.3 Å². The van der Waals surface area contributed by atoms with Crippen LogP contribution in [-0.4, -0.2) is 19.1 Å². The molecule has 1 aromatic carbocycles. The standard InChI is InChI=1S/C16H17NO2S/c18-16(9-3-5-13-6-4-12-20-13)17-10-11-19-15-8-2-1-7-14(15)17/h1-2,4,6-8,12H,3,5,9-11H2. The van der Waals surface area contributed by atoms with E-state index in [9.17, 15) is 4.79 Å². The average Bonchev–Trinajstić information content (AvgIpc) is 3.00. The molecule has 20 heavy (non-hydrogen) atoms. The molecule has 0 unspecified atom stereocenters. The molecule has 0 aliphatic carbocycles. The van der Waals surface area contributed by atoms with Gasteiger partial charge >= 0.3 is 0 Å². The van der Waals surface area contributed by atoms with Crippen molar-refractivity contribution in [2.75, 3.05) is 18.1 Å². The first-order chi connectivity index (χ1) is 9.84. The van der Waals surface area contributed by atoms with Crippen molar-refractivity contribution in [1.82, 2.24) is 0 Å². The average molecular weight is 287 g/mol. The highest BCUT2D eigenvalue weighted by Crippen LogP contribution is 2.31. The molecule has 0 saturated heterocycles. The molecule has 0 saturated carbocycles. The van der Waals surface area contributed by atoms with Gasteiger partial charge in [0.05, 0.1) is 12.2 Å². The fraction of sp³-hybridized carbons (Fsp3) is 0.312. The number of para-hydroxylation sites is 2. The molecular formula is C16H17NO2S. The van der Waals surface area contributed by atoms with E-state index >= 15 is 0 Å². The Morgan fingerprint density at radius 2 is 2.15 bits per heavy atom. The Balaban J connectivity index is 1.60. The molecule has 0 fully saturated rings. The molecule has 2 aromatic rings. The van der Waals surface area contributed by atoms with Crippen LogP contribution in [0.5, 0.6) is 5.75 Å². The third kappa shape index (κ3) is 2.85. The van der Waals surface area contributed by atoms with E-state index in [1.54, 1.807) is 11.3 Å². The van der Waals surface area contributed by atoms with Crippen LogP contribution in [-0.2, 0) is 11.2 Å². The van der Waals surface area contributed by atoms with Crippen LogP contribution in [0.25, 0.3) is 0 Å². The Kier molecular flexibility index (Phi) is 4.02. The number of carbonyl (C=O) groups excluding carboxylic acids is 1. The second-order valence-electron chi connectivity index (χ2n) is 4.79. The maximum absolute atomic E-state index is 12.4. The summed E-state index contributed by atoms with van der Waals surface area (Å²) in [5, 5.41) is 2.08. The van der Waals surface area contributed by atoms with Crippen molar-refractivity contribution in [3.8, 4) is 5.75 Å². The first-order valence-electron chi connectivity index (χ1n) is 6.89. The fourth-order valence-electron chi connectivity index (χ4n) is 2.43. The lowest BCUT2D eigenvalue weighted by Crippen LogP contribution is -2.37. The number of nitrogens with zero attached hydrogens (tertiary/aromatic N) is 1. The number of carbonyl (C=O) groups is 1. The minimum Gasteiger partial charge on any atom is -0.490 e. The zero-order valence-electron chi connectivity index (χ0n) is 11.2. The molecule has 1 aromatic heterocycles. The van der Waals surface area contributed by atoms with Gasteiger partial charge in [0.2, 0.25) is 5.91 Å². The van der Waals surface area contributed by atoms with Gasteiger partial charge in [0, 0.05) is 11.3 Å². The molecule has 0 spiro atoms. The highest BCUT2D eigenvalue weighted by molar-refractivity contribution is 7.09. The monoisotopic (exact) mass is 287 g/mol. The van der Waals surface area contributed by atoms with Crippen LogP contribution in [0, 0.1) is 0 Å². The summed E-state index contributed by atoms with van der Waals surface area (Å²) in [6.07, 6.45) is 2.47. The normalized spacial score (nSPS) is 13.7. The summed E-state index contributed by atoms with van der Waals surface area (Å²) < 4.78 is 5.58. The van der Waals surface area contributed by atoms with Gasteiger partial charge in [0.25, 0.3) is 0 Å². The molecule has 3 rings (SSSR count). The number of thiophene rings is 1. The largest absolute Gasteiger partial charge is 0.490 e. The smallest absolute Gasteiger partial charge is 0.227 e. The number of amides is 1. The zero-order chi connectivity index (χ0) is 13.8. The Morgan fingerprint density at radius 3 is 3.00 bits per heavy atom. The zero-order valence-corrected chi connectivity index (χ0v) is 12.1. The van der Waals surface area contributed by atoms with Gasteiger partial charge in [-0.15, -0.1) is 11.3 Å². The van der Waals surface area contributed by atoms with Crippen molar-refractivity contribution < 1.29 is 9.53 Å². The molecule has 1 aliphatic rings. The number of anilines is 1. The van der Waals surface area contributed by atoms with E-state index in [0.29, 0.717) is 19.6 Å². The van der Waals surface area contributed by atoms with E-state index < -0.39 is 0 Å². The number of hydrogen-bond donors (Lipinski definition) is 0. The number of benzene rings is 1. The van der Waals surface area contributed by atoms with Gasteiger partial charge in [-0.2, -0.15) is 0 Å². The summed E-state index contributed by atoms with van der Waals surface area (Å²) in [6.45, 7) is 1.22. The minimum atomic E-state index is 0.192. The van der Waals surface area contributed by atoms with Crippen LogP contribution < -0.4 is 9.64 Å². The molecule has 0 atom stereocenters. The molecule has 2 heterocycles. The molecule has 0 N–H and O–H groups in total. The topological polar surface area (TPSA) is 29.5 Å². The highest BCUT2D eigenvalue weighted by Gasteiger charge is 2.22. The van der Waals surface area contributed by atoms with Gasteiger partial charge in [0.1, 0.15) is 12.4 Å². The molecule has 1 aliphatic heterocycles. The summed E-state index contributed by atoms with van der Waals surface area (Å²) in [4.78, 5) is 15.6. The lowest BCUT2D eigenvalue weighted by molar-refractivity contribution is -0.118. The van der Waals surface area contributed by atoms with E-state index in [4.69, 9.17) is 4.74 Å². The number of fused-ring (bicyclic) bond motifs is 1. The number of ether oxygens (including phenoxy) is 1. The van der Waals surface area contributed by atoms with Gasteiger partial charge in [-0.1, -0.05) is 18.2 Å². The van der Waals surface area contributed by atoms with E-state index in [-0.39, 0.29) is 5.91 Å². The van der Waals surface area contributed by atoms with E-state index in [0.717, 1.165) is 24.3 Å². The van der Waals surface area contributed by atoms with E-state index in [1.807, 2.05) is 29.2 Å². The molecule has 1 amide bonds. The van der Waals surface area contributed by atoms with Crippen LogP contribution in [0.15, 0.2) is 41.8 Å². The van der Waals surface area contributed by atoms with Crippen molar-refractivity contribution in [3.63, 3.8) is 0 Å². The highest BCUT2D eigenvalue weighted by atomic mass is 32.1. The Morgan fingerprint density at radius 1 is 1.25 bits per heavy atom. The van der Waals surface area contributed by atoms with E-state index in [1.165, 1.54) is 4.88 Å². The minimum absolute atomic E-state index is 0.192. The molecule has 4 heteroatoms. The molecule has 0 radical (unpaired) electrons. The van der Waals surface area contributed by atoms with Gasteiger partial charge < -0.3 is 9.64 Å². The maximum atomic E-state index is 12.4. The lowest BCUT2D eigenvalue weighted by Gasteiger charge is -2.29. The summed E-state index contributed by atoms with van der Waals surface area (Å²) >= 11 is 1.75. The number of hydrogen-bond acceptors (Lipinski definition) is 3. The lowest BCUT2D eigenvalue weighted by atomic mass is 10.1. The van der Waals surface area contributed by atoms with Crippen molar-refractivity contribution in [3.05, 3.63) is 46.7 Å². The predicted octanol–water partition coefficient (Wildman–Crippen LogP) is 3.50. The third-order valence-corrected chi connectivity index (χ3v) is 4.36. The van der Waals surface area contributed by atoms with E-state index in [2.05, 4.69) is 17.5 Å². The summed E-state index contributed by atoms with van der Waals surface area (Å²) in [5.41, 5.74) is 0.903. The van der Waals surface area contributed by atoms with Crippen LogP contribution in [0.4, 0.5) is 5.69 Å². The van der Waals surface area contributed by atoms with Crippen LogP contribution in [0.2, 0.25) is 0 Å². The van der Waals surface area contributed by atoms with Gasteiger partial charge in [-0.25, -0.2) is 0 Å². The summed E-state index contributed by atoms with van der Waals surface area (Å²) in [5.74, 6) is 1.00. The molecule has 0 bridgehead atoms. The van der Waals surface area contributed by atoms with Crippen molar-refractivity contribution >= 4 is 22.9 Å². The van der Waals surface area contributed by atoms with Gasteiger partial charge in [0.15, 0.2) is 0 Å². The first-order valence-corrected chi connectivity index (χ1v) is 7.77. The second kappa shape index (κ2) is 6.09. The fourth-order valence-corrected chi connectivity index (χ4v) is 3.18. The Labute approximate surface area is 122 Å². The van der Waals surface area contributed by atoms with Gasteiger partial charge in [-0.05, 0) is 36.4 Å². The van der Waals surface area contributed by atoms with Crippen LogP contribution in [0.3, 0.4) is 0 Å². The van der Waals surface area contributed by atoms with Crippen LogP contribution in [0.1, 0.15) is 17.7 Å². The maximum Gasteiger partial charge on any atom is 0.227 e. The second-order valence-corrected chi connectivity index (χ2v) is 5.83. The van der Waals surface area contributed by atoms with Gasteiger partial charge in [-0.3, -0.25) is 4.79 Å². The molecular weight excluding hydrogens is 270 g/mol. The molecule has 3 nitrogen and oxygen atoms in total. The third-order valence-electron chi connectivity index (χ3n) is 3.42. The Hall–Kier alpha value is -1.81. The van der Waals surface area contributed by atoms with Crippen molar-refractivity contribution in [1.29, 1.82) is 0 Å². The summed E-state index contributed by atoms with van der Waals surface area (Å²) in [6, 6.07) is 11.9. The Bertz CT molecular complexity index is 580. The van der Waals surface area contributed by atoms with Crippen molar-refractivity contribution in [2.24, 2.45) is 0 Å².